The molecule has 5 nitrogen and oxygen atoms in total. The average molecular weight is 432 g/mol. The molecule has 0 radical (unpaired) electrons. The van der Waals surface area contributed by atoms with Crippen LogP contribution < -0.4 is 0 Å². The van der Waals surface area contributed by atoms with Crippen LogP contribution in [-0.2, 0) is 22.3 Å². The third kappa shape index (κ3) is 3.93. The van der Waals surface area contributed by atoms with E-state index in [1.54, 1.807) is 6.92 Å². The zero-order valence-electron chi connectivity index (χ0n) is 14.8. The summed E-state index contributed by atoms with van der Waals surface area (Å²) in [6, 6.07) is 5.35. The van der Waals surface area contributed by atoms with Gasteiger partial charge in [-0.15, -0.1) is 0 Å². The van der Waals surface area contributed by atoms with Crippen molar-refractivity contribution in [3.63, 3.8) is 0 Å². The van der Waals surface area contributed by atoms with E-state index < -0.39 is 17.7 Å². The van der Waals surface area contributed by atoms with Crippen molar-refractivity contribution in [1.29, 1.82) is 0 Å². The molecule has 0 saturated carbocycles. The smallest absolute Gasteiger partial charge is 0.417 e. The number of aryl methyl sites for hydroxylation is 1. The van der Waals surface area contributed by atoms with Crippen LogP contribution in [0.4, 0.5) is 13.2 Å². The number of pyridine rings is 1. The molecule has 0 unspecified atom stereocenters. The predicted octanol–water partition coefficient (Wildman–Crippen LogP) is 5.30. The number of hydrogen-bond acceptors (Lipinski definition) is 4. The van der Waals surface area contributed by atoms with E-state index in [9.17, 15) is 18.0 Å². The Morgan fingerprint density at radius 2 is 1.93 bits per heavy atom. The lowest BCUT2D eigenvalue weighted by Crippen LogP contribution is -2.15. The van der Waals surface area contributed by atoms with Crippen LogP contribution in [0.5, 0.6) is 0 Å². The Hall–Kier alpha value is -2.32. The van der Waals surface area contributed by atoms with Crippen LogP contribution in [0.2, 0.25) is 10.0 Å². The van der Waals surface area contributed by atoms with E-state index in [1.807, 2.05) is 0 Å². The van der Waals surface area contributed by atoms with Gasteiger partial charge >= 0.3 is 12.1 Å². The highest BCUT2D eigenvalue weighted by Crippen LogP contribution is 2.38. The molecule has 148 valence electrons. The van der Waals surface area contributed by atoms with E-state index in [1.165, 1.54) is 25.1 Å². The fourth-order valence-electron chi connectivity index (χ4n) is 2.82. The molecule has 0 fully saturated rings. The summed E-state index contributed by atoms with van der Waals surface area (Å²) in [6.07, 6.45) is -4.64. The quantitative estimate of drug-likeness (QED) is 0.526. The number of nitrogens with zero attached hydrogens (tertiary/aromatic N) is 3. The van der Waals surface area contributed by atoms with Crippen LogP contribution in [0.3, 0.4) is 0 Å². The number of halogens is 5. The summed E-state index contributed by atoms with van der Waals surface area (Å²) in [5.74, 6) is -0.623. The third-order valence-electron chi connectivity index (χ3n) is 3.98. The molecular weight excluding hydrogens is 418 g/mol. The van der Waals surface area contributed by atoms with Crippen molar-refractivity contribution in [2.45, 2.75) is 26.6 Å². The van der Waals surface area contributed by atoms with Gasteiger partial charge in [-0.3, -0.25) is 4.79 Å². The van der Waals surface area contributed by atoms with E-state index in [0.29, 0.717) is 5.56 Å². The van der Waals surface area contributed by atoms with Crippen LogP contribution in [0.15, 0.2) is 24.3 Å². The summed E-state index contributed by atoms with van der Waals surface area (Å²) in [5, 5.41) is 4.35. The molecule has 10 heteroatoms. The third-order valence-corrected chi connectivity index (χ3v) is 4.72. The van der Waals surface area contributed by atoms with Gasteiger partial charge in [0.25, 0.3) is 0 Å². The molecule has 2 aromatic heterocycles. The number of ether oxygens (including phenoxy) is 1. The summed E-state index contributed by atoms with van der Waals surface area (Å²) in [5.41, 5.74) is -0.473. The van der Waals surface area contributed by atoms with Crippen molar-refractivity contribution in [2.24, 2.45) is 0 Å². The molecular formula is C18H14Cl2F3N3O2. The van der Waals surface area contributed by atoms with E-state index in [2.05, 4.69) is 10.1 Å². The lowest BCUT2D eigenvalue weighted by atomic mass is 10.1. The summed E-state index contributed by atoms with van der Waals surface area (Å²) in [4.78, 5) is 16.1. The molecule has 28 heavy (non-hydrogen) atoms. The van der Waals surface area contributed by atoms with E-state index in [4.69, 9.17) is 27.9 Å². The fourth-order valence-corrected chi connectivity index (χ4v) is 3.12. The molecule has 0 spiro atoms. The molecule has 3 rings (SSSR count). The molecule has 0 aliphatic carbocycles. The van der Waals surface area contributed by atoms with Gasteiger partial charge in [-0.25, -0.2) is 9.67 Å². The molecule has 0 atom stereocenters. The molecule has 3 aromatic rings. The maximum atomic E-state index is 13.7. The van der Waals surface area contributed by atoms with Crippen molar-refractivity contribution in [3.8, 4) is 11.3 Å². The Bertz CT molecular complexity index is 1060. The average Bonchev–Trinajstić information content (AvgIpc) is 2.91. The Labute approximate surface area is 168 Å². The second-order valence-corrected chi connectivity index (χ2v) is 6.74. The number of rotatable bonds is 4. The minimum atomic E-state index is -4.64. The molecule has 0 amide bonds. The molecule has 2 heterocycles. The van der Waals surface area contributed by atoms with E-state index in [0.717, 1.165) is 10.7 Å². The van der Waals surface area contributed by atoms with Crippen LogP contribution in [0.25, 0.3) is 22.3 Å². The Morgan fingerprint density at radius 3 is 2.54 bits per heavy atom. The molecule has 0 saturated heterocycles. The largest absolute Gasteiger partial charge is 0.465 e. The Balaban J connectivity index is 2.26. The van der Waals surface area contributed by atoms with Gasteiger partial charge in [-0.1, -0.05) is 29.3 Å². The molecule has 0 bridgehead atoms. The second kappa shape index (κ2) is 7.60. The number of aromatic nitrogens is 3. The van der Waals surface area contributed by atoms with Gasteiger partial charge in [0.1, 0.15) is 6.54 Å². The van der Waals surface area contributed by atoms with Crippen molar-refractivity contribution < 1.29 is 22.7 Å². The molecule has 0 aliphatic heterocycles. The van der Waals surface area contributed by atoms with Crippen molar-refractivity contribution >= 4 is 40.2 Å². The number of hydrogen-bond donors (Lipinski definition) is 0. The van der Waals surface area contributed by atoms with Gasteiger partial charge in [0.05, 0.1) is 39.0 Å². The molecule has 1 aromatic carbocycles. The number of carbonyl (C=O) groups is 1. The first-order chi connectivity index (χ1) is 13.1. The first-order valence-electron chi connectivity index (χ1n) is 8.18. The normalized spacial score (nSPS) is 11.8. The van der Waals surface area contributed by atoms with Gasteiger partial charge in [-0.2, -0.15) is 18.3 Å². The first kappa shape index (κ1) is 20.4. The summed E-state index contributed by atoms with van der Waals surface area (Å²) >= 11 is 11.9. The van der Waals surface area contributed by atoms with Crippen molar-refractivity contribution in [3.05, 3.63) is 45.6 Å². The second-order valence-electron chi connectivity index (χ2n) is 5.93. The minimum absolute atomic E-state index is 0.0309. The molecule has 0 N–H and O–H groups in total. The fraction of sp³-hybridized carbons (Fsp3) is 0.278. The maximum Gasteiger partial charge on any atom is 0.417 e. The standard InChI is InChI=1S/C18H14Cl2F3N3O2/c1-3-28-15(27)8-26-17-16(9(2)25-26)11(18(21,22)23)7-14(24-17)10-4-5-12(19)13(20)6-10/h4-7H,3,8H2,1-2H3. The number of alkyl halides is 3. The topological polar surface area (TPSA) is 57.0 Å². The summed E-state index contributed by atoms with van der Waals surface area (Å²) < 4.78 is 47.2. The predicted molar refractivity (Wildman–Crippen MR) is 99.4 cm³/mol. The van der Waals surface area contributed by atoms with Gasteiger partial charge in [0.2, 0.25) is 0 Å². The lowest BCUT2D eigenvalue weighted by Gasteiger charge is -2.12. The van der Waals surface area contributed by atoms with Gasteiger partial charge in [0, 0.05) is 5.56 Å². The Kier molecular flexibility index (Phi) is 5.54. The number of fused-ring (bicyclic) bond motifs is 1. The highest BCUT2D eigenvalue weighted by atomic mass is 35.5. The van der Waals surface area contributed by atoms with Gasteiger partial charge in [-0.05, 0) is 32.0 Å². The highest BCUT2D eigenvalue weighted by molar-refractivity contribution is 6.42. The van der Waals surface area contributed by atoms with Gasteiger partial charge < -0.3 is 4.74 Å². The van der Waals surface area contributed by atoms with Crippen LogP contribution >= 0.6 is 23.2 Å². The van der Waals surface area contributed by atoms with Crippen LogP contribution in [0.1, 0.15) is 18.2 Å². The molecule has 0 aliphatic rings. The SMILES string of the molecule is CCOC(=O)Cn1nc(C)c2c(C(F)(F)F)cc(-c3ccc(Cl)c(Cl)c3)nc21. The van der Waals surface area contributed by atoms with Crippen molar-refractivity contribution in [2.75, 3.05) is 6.61 Å². The van der Waals surface area contributed by atoms with Crippen LogP contribution in [0, 0.1) is 6.92 Å². The van der Waals surface area contributed by atoms with E-state index in [-0.39, 0.29) is 45.6 Å². The maximum absolute atomic E-state index is 13.7. The zero-order valence-corrected chi connectivity index (χ0v) is 16.3. The zero-order chi connectivity index (χ0) is 20.6. The number of esters is 1. The minimum Gasteiger partial charge on any atom is -0.465 e. The van der Waals surface area contributed by atoms with E-state index >= 15 is 0 Å². The van der Waals surface area contributed by atoms with Gasteiger partial charge in [0.15, 0.2) is 5.65 Å². The lowest BCUT2D eigenvalue weighted by molar-refractivity contribution is -0.144. The van der Waals surface area contributed by atoms with Crippen LogP contribution in [-0.4, -0.2) is 27.3 Å². The van der Waals surface area contributed by atoms with Crippen molar-refractivity contribution in [1.82, 2.24) is 14.8 Å². The monoisotopic (exact) mass is 431 g/mol. The highest BCUT2D eigenvalue weighted by Gasteiger charge is 2.36. The Morgan fingerprint density at radius 1 is 1.21 bits per heavy atom. The first-order valence-corrected chi connectivity index (χ1v) is 8.93. The number of benzene rings is 1. The summed E-state index contributed by atoms with van der Waals surface area (Å²) in [7, 11) is 0. The summed E-state index contributed by atoms with van der Waals surface area (Å²) in [6.45, 7) is 2.85. The number of carbonyl (C=O) groups excluding carboxylic acids is 1.